The molecular formula is C13H9ClF2O2S. The SMILES string of the molecule is O=S(=O)(Cl)Cc1cc(-c2ccc(F)cc2)ccc1F. The van der Waals surface area contributed by atoms with E-state index in [1.807, 2.05) is 0 Å². The molecule has 0 bridgehead atoms. The summed E-state index contributed by atoms with van der Waals surface area (Å²) < 4.78 is 48.3. The van der Waals surface area contributed by atoms with Crippen molar-refractivity contribution < 1.29 is 17.2 Å². The quantitative estimate of drug-likeness (QED) is 0.810. The van der Waals surface area contributed by atoms with Crippen LogP contribution in [0.5, 0.6) is 0 Å². The number of hydrogen-bond acceptors (Lipinski definition) is 2. The molecule has 0 saturated heterocycles. The second-order valence-corrected chi connectivity index (χ2v) is 6.77. The van der Waals surface area contributed by atoms with E-state index in [1.54, 1.807) is 0 Å². The maximum atomic E-state index is 13.5. The fraction of sp³-hybridized carbons (Fsp3) is 0.0769. The molecule has 6 heteroatoms. The first-order valence-electron chi connectivity index (χ1n) is 5.32. The Morgan fingerprint density at radius 3 is 2.11 bits per heavy atom. The molecule has 0 aliphatic heterocycles. The summed E-state index contributed by atoms with van der Waals surface area (Å²) in [6.07, 6.45) is 0. The molecule has 2 aromatic carbocycles. The summed E-state index contributed by atoms with van der Waals surface area (Å²) in [4.78, 5) is 0. The van der Waals surface area contributed by atoms with E-state index in [4.69, 9.17) is 10.7 Å². The van der Waals surface area contributed by atoms with Gasteiger partial charge >= 0.3 is 0 Å². The minimum absolute atomic E-state index is 0.0168. The van der Waals surface area contributed by atoms with E-state index in [-0.39, 0.29) is 11.4 Å². The van der Waals surface area contributed by atoms with Crippen LogP contribution >= 0.6 is 10.7 Å². The summed E-state index contributed by atoms with van der Waals surface area (Å²) in [5, 5.41) is 0. The minimum Gasteiger partial charge on any atom is -0.212 e. The van der Waals surface area contributed by atoms with Crippen LogP contribution in [0.4, 0.5) is 8.78 Å². The van der Waals surface area contributed by atoms with Crippen LogP contribution in [0.2, 0.25) is 0 Å². The molecular weight excluding hydrogens is 294 g/mol. The molecule has 19 heavy (non-hydrogen) atoms. The Labute approximate surface area is 114 Å². The van der Waals surface area contributed by atoms with Gasteiger partial charge in [0.1, 0.15) is 11.6 Å². The Kier molecular flexibility index (Phi) is 3.87. The lowest BCUT2D eigenvalue weighted by Crippen LogP contribution is -1.98. The highest BCUT2D eigenvalue weighted by Crippen LogP contribution is 2.24. The van der Waals surface area contributed by atoms with Crippen LogP contribution < -0.4 is 0 Å². The second kappa shape index (κ2) is 5.27. The third kappa shape index (κ3) is 3.75. The molecule has 0 atom stereocenters. The highest BCUT2D eigenvalue weighted by molar-refractivity contribution is 8.13. The molecule has 0 heterocycles. The second-order valence-electron chi connectivity index (χ2n) is 4.00. The highest BCUT2D eigenvalue weighted by atomic mass is 35.7. The van der Waals surface area contributed by atoms with Gasteiger partial charge < -0.3 is 0 Å². The van der Waals surface area contributed by atoms with Crippen LogP contribution in [-0.4, -0.2) is 8.42 Å². The van der Waals surface area contributed by atoms with E-state index >= 15 is 0 Å². The zero-order chi connectivity index (χ0) is 14.0. The topological polar surface area (TPSA) is 34.1 Å². The molecule has 0 unspecified atom stereocenters. The molecule has 2 rings (SSSR count). The Morgan fingerprint density at radius 2 is 1.53 bits per heavy atom. The molecule has 0 radical (unpaired) electrons. The van der Waals surface area contributed by atoms with Crippen molar-refractivity contribution in [3.05, 3.63) is 59.7 Å². The lowest BCUT2D eigenvalue weighted by atomic mass is 10.0. The predicted octanol–water partition coefficient (Wildman–Crippen LogP) is 3.70. The van der Waals surface area contributed by atoms with Crippen molar-refractivity contribution in [2.75, 3.05) is 0 Å². The first-order chi connectivity index (χ1) is 8.85. The van der Waals surface area contributed by atoms with Crippen molar-refractivity contribution in [1.29, 1.82) is 0 Å². The fourth-order valence-corrected chi connectivity index (χ4v) is 2.64. The van der Waals surface area contributed by atoms with Crippen molar-refractivity contribution in [3.8, 4) is 11.1 Å². The summed E-state index contributed by atoms with van der Waals surface area (Å²) in [5.74, 6) is -1.61. The molecule has 2 nitrogen and oxygen atoms in total. The number of hydrogen-bond donors (Lipinski definition) is 0. The van der Waals surface area contributed by atoms with Crippen LogP contribution in [0, 0.1) is 11.6 Å². The Morgan fingerprint density at radius 1 is 0.947 bits per heavy atom. The van der Waals surface area contributed by atoms with Gasteiger partial charge in [-0.3, -0.25) is 0 Å². The first-order valence-corrected chi connectivity index (χ1v) is 7.80. The Bertz CT molecular complexity index is 697. The van der Waals surface area contributed by atoms with E-state index in [0.717, 1.165) is 6.07 Å². The average Bonchev–Trinajstić information content (AvgIpc) is 2.31. The predicted molar refractivity (Wildman–Crippen MR) is 70.3 cm³/mol. The zero-order valence-electron chi connectivity index (χ0n) is 9.61. The van der Waals surface area contributed by atoms with E-state index in [0.29, 0.717) is 11.1 Å². The Balaban J connectivity index is 2.43. The van der Waals surface area contributed by atoms with Gasteiger partial charge in [0, 0.05) is 16.2 Å². The molecule has 0 saturated carbocycles. The maximum Gasteiger partial charge on any atom is 0.236 e. The number of rotatable bonds is 3. The van der Waals surface area contributed by atoms with Gasteiger partial charge in [0.15, 0.2) is 0 Å². The molecule has 0 spiro atoms. The van der Waals surface area contributed by atoms with Crippen molar-refractivity contribution >= 4 is 19.7 Å². The lowest BCUT2D eigenvalue weighted by Gasteiger charge is -2.06. The van der Waals surface area contributed by atoms with Crippen molar-refractivity contribution in [2.24, 2.45) is 0 Å². The number of benzene rings is 2. The third-order valence-electron chi connectivity index (χ3n) is 2.55. The fourth-order valence-electron chi connectivity index (χ4n) is 1.69. The smallest absolute Gasteiger partial charge is 0.212 e. The molecule has 0 N–H and O–H groups in total. The molecule has 0 fully saturated rings. The molecule has 100 valence electrons. The van der Waals surface area contributed by atoms with E-state index in [1.165, 1.54) is 36.4 Å². The van der Waals surface area contributed by atoms with Crippen molar-refractivity contribution in [2.45, 2.75) is 5.75 Å². The largest absolute Gasteiger partial charge is 0.236 e. The first kappa shape index (κ1) is 14.0. The van der Waals surface area contributed by atoms with Gasteiger partial charge in [-0.25, -0.2) is 17.2 Å². The average molecular weight is 303 g/mol. The lowest BCUT2D eigenvalue weighted by molar-refractivity contribution is 0.597. The standard InChI is InChI=1S/C13H9ClF2O2S/c14-19(17,18)8-11-7-10(3-6-13(11)16)9-1-4-12(15)5-2-9/h1-7H,8H2. The highest BCUT2D eigenvalue weighted by Gasteiger charge is 2.12. The molecule has 0 aromatic heterocycles. The van der Waals surface area contributed by atoms with Crippen molar-refractivity contribution in [3.63, 3.8) is 0 Å². The summed E-state index contributed by atoms with van der Waals surface area (Å²) in [6.45, 7) is 0. The van der Waals surface area contributed by atoms with E-state index in [9.17, 15) is 17.2 Å². The van der Waals surface area contributed by atoms with Gasteiger partial charge in [0.25, 0.3) is 0 Å². The van der Waals surface area contributed by atoms with Crippen molar-refractivity contribution in [1.82, 2.24) is 0 Å². The third-order valence-corrected chi connectivity index (χ3v) is 3.53. The Hall–Kier alpha value is -1.46. The van der Waals surface area contributed by atoms with Crippen LogP contribution in [-0.2, 0) is 14.8 Å². The normalized spacial score (nSPS) is 11.5. The van der Waals surface area contributed by atoms with E-state index < -0.39 is 20.6 Å². The van der Waals surface area contributed by atoms with E-state index in [2.05, 4.69) is 0 Å². The molecule has 0 aliphatic rings. The van der Waals surface area contributed by atoms with Gasteiger partial charge in [0.05, 0.1) is 5.75 Å². The monoisotopic (exact) mass is 302 g/mol. The van der Waals surface area contributed by atoms with Crippen LogP contribution in [0.25, 0.3) is 11.1 Å². The maximum absolute atomic E-state index is 13.5. The van der Waals surface area contributed by atoms with Crippen LogP contribution in [0.1, 0.15) is 5.56 Å². The van der Waals surface area contributed by atoms with Gasteiger partial charge in [-0.2, -0.15) is 0 Å². The summed E-state index contributed by atoms with van der Waals surface area (Å²) >= 11 is 0. The van der Waals surface area contributed by atoms with Gasteiger partial charge in [0.2, 0.25) is 9.05 Å². The van der Waals surface area contributed by atoms with Gasteiger partial charge in [-0.15, -0.1) is 0 Å². The summed E-state index contributed by atoms with van der Waals surface area (Å²) in [6, 6.07) is 9.65. The molecule has 0 amide bonds. The van der Waals surface area contributed by atoms with Crippen LogP contribution in [0.15, 0.2) is 42.5 Å². The van der Waals surface area contributed by atoms with Gasteiger partial charge in [-0.1, -0.05) is 18.2 Å². The van der Waals surface area contributed by atoms with Gasteiger partial charge in [-0.05, 0) is 35.4 Å². The zero-order valence-corrected chi connectivity index (χ0v) is 11.2. The molecule has 0 aliphatic carbocycles. The summed E-state index contributed by atoms with van der Waals surface area (Å²) in [5.41, 5.74) is 1.24. The number of halogens is 3. The minimum atomic E-state index is -3.83. The summed E-state index contributed by atoms with van der Waals surface area (Å²) in [7, 11) is 1.28. The molecule has 2 aromatic rings. The van der Waals surface area contributed by atoms with Crippen LogP contribution in [0.3, 0.4) is 0 Å².